The summed E-state index contributed by atoms with van der Waals surface area (Å²) in [4.78, 5) is 0. The molecule has 2 unspecified atom stereocenters. The van der Waals surface area contributed by atoms with Gasteiger partial charge in [0.2, 0.25) is 0 Å². The summed E-state index contributed by atoms with van der Waals surface area (Å²) in [6.45, 7) is 2.84. The number of aryl methyl sites for hydroxylation is 1. The van der Waals surface area contributed by atoms with Crippen molar-refractivity contribution in [2.24, 2.45) is 11.7 Å². The normalized spacial score (nSPS) is 25.8. The van der Waals surface area contributed by atoms with Crippen LogP contribution in [0, 0.1) is 12.8 Å². The molecule has 2 atom stereocenters. The predicted molar refractivity (Wildman–Crippen MR) is 65.3 cm³/mol. The van der Waals surface area contributed by atoms with Gasteiger partial charge in [-0.05, 0) is 55.3 Å². The van der Waals surface area contributed by atoms with Crippen LogP contribution < -0.4 is 5.73 Å². The molecule has 1 saturated carbocycles. The van der Waals surface area contributed by atoms with Crippen molar-refractivity contribution in [3.05, 3.63) is 34.3 Å². The molecule has 2 N–H and O–H groups in total. The van der Waals surface area contributed by atoms with Crippen LogP contribution in [0.4, 0.5) is 0 Å². The number of rotatable bonds is 2. The Morgan fingerprint density at radius 1 is 1.40 bits per heavy atom. The highest BCUT2D eigenvalue weighted by Gasteiger charge is 2.27. The molecule has 0 spiro atoms. The maximum atomic E-state index is 6.15. The zero-order valence-corrected chi connectivity index (χ0v) is 9.93. The Kier molecular flexibility index (Phi) is 3.32. The standard InChI is InChI=1S/C13H18ClN/c1-9-5-6-10(7-13(9)14)12-4-2-3-11(12)8-15/h5-7,11-12H,2-4,8,15H2,1H3. The van der Waals surface area contributed by atoms with Crippen LogP contribution in [0.2, 0.25) is 5.02 Å². The van der Waals surface area contributed by atoms with Crippen LogP contribution in [0.3, 0.4) is 0 Å². The minimum atomic E-state index is 0.632. The highest BCUT2D eigenvalue weighted by molar-refractivity contribution is 6.31. The second-order valence-corrected chi connectivity index (χ2v) is 4.95. The number of hydrogen-bond acceptors (Lipinski definition) is 1. The maximum Gasteiger partial charge on any atom is 0.0438 e. The number of hydrogen-bond donors (Lipinski definition) is 1. The zero-order valence-electron chi connectivity index (χ0n) is 9.17. The van der Waals surface area contributed by atoms with Gasteiger partial charge in [0.05, 0.1) is 0 Å². The third-order valence-corrected chi connectivity index (χ3v) is 3.99. The first kappa shape index (κ1) is 11.0. The summed E-state index contributed by atoms with van der Waals surface area (Å²) in [6, 6.07) is 6.44. The smallest absolute Gasteiger partial charge is 0.0438 e. The average molecular weight is 224 g/mol. The number of halogens is 1. The van der Waals surface area contributed by atoms with Crippen LogP contribution in [0.5, 0.6) is 0 Å². The molecule has 2 heteroatoms. The lowest BCUT2D eigenvalue weighted by atomic mass is 9.88. The topological polar surface area (TPSA) is 26.0 Å². The van der Waals surface area contributed by atoms with Gasteiger partial charge in [0, 0.05) is 5.02 Å². The van der Waals surface area contributed by atoms with Gasteiger partial charge >= 0.3 is 0 Å². The third-order valence-electron chi connectivity index (χ3n) is 3.59. The summed E-state index contributed by atoms with van der Waals surface area (Å²) in [7, 11) is 0. The molecule has 1 aliphatic rings. The van der Waals surface area contributed by atoms with Crippen LogP contribution >= 0.6 is 11.6 Å². The summed E-state index contributed by atoms with van der Waals surface area (Å²) in [5.74, 6) is 1.29. The Labute approximate surface area is 96.6 Å². The first-order valence-electron chi connectivity index (χ1n) is 5.68. The number of nitrogens with two attached hydrogens (primary N) is 1. The van der Waals surface area contributed by atoms with Crippen LogP contribution in [0.1, 0.15) is 36.3 Å². The lowest BCUT2D eigenvalue weighted by Crippen LogP contribution is -2.17. The summed E-state index contributed by atoms with van der Waals surface area (Å²) in [5.41, 5.74) is 8.33. The van der Waals surface area contributed by atoms with Crippen LogP contribution in [-0.2, 0) is 0 Å². The van der Waals surface area contributed by atoms with E-state index < -0.39 is 0 Å². The van der Waals surface area contributed by atoms with Gasteiger partial charge in [-0.2, -0.15) is 0 Å². The van der Waals surface area contributed by atoms with E-state index in [0.717, 1.165) is 17.1 Å². The molecule has 1 aromatic rings. The first-order chi connectivity index (χ1) is 7.22. The summed E-state index contributed by atoms with van der Waals surface area (Å²) >= 11 is 6.15. The van der Waals surface area contributed by atoms with Gasteiger partial charge in [0.15, 0.2) is 0 Å². The van der Waals surface area contributed by atoms with Crippen LogP contribution in [0.15, 0.2) is 18.2 Å². The Morgan fingerprint density at radius 3 is 2.87 bits per heavy atom. The average Bonchev–Trinajstić information content (AvgIpc) is 2.70. The highest BCUT2D eigenvalue weighted by atomic mass is 35.5. The van der Waals surface area contributed by atoms with E-state index in [9.17, 15) is 0 Å². The van der Waals surface area contributed by atoms with Gasteiger partial charge in [-0.15, -0.1) is 0 Å². The van der Waals surface area contributed by atoms with Crippen LogP contribution in [0.25, 0.3) is 0 Å². The molecule has 0 saturated heterocycles. The van der Waals surface area contributed by atoms with Gasteiger partial charge in [-0.1, -0.05) is 30.2 Å². The quantitative estimate of drug-likeness (QED) is 0.816. The minimum Gasteiger partial charge on any atom is -0.330 e. The molecular formula is C13H18ClN. The largest absolute Gasteiger partial charge is 0.330 e. The fraction of sp³-hybridized carbons (Fsp3) is 0.538. The molecule has 15 heavy (non-hydrogen) atoms. The Morgan fingerprint density at radius 2 is 2.20 bits per heavy atom. The molecule has 0 heterocycles. The van der Waals surface area contributed by atoms with Crippen molar-refractivity contribution in [2.75, 3.05) is 6.54 Å². The van der Waals surface area contributed by atoms with Crippen molar-refractivity contribution < 1.29 is 0 Å². The van der Waals surface area contributed by atoms with E-state index in [0.29, 0.717) is 11.8 Å². The third kappa shape index (κ3) is 2.19. The SMILES string of the molecule is Cc1ccc(C2CCCC2CN)cc1Cl. The molecule has 2 rings (SSSR count). The van der Waals surface area contributed by atoms with Gasteiger partial charge in [-0.3, -0.25) is 0 Å². The molecule has 0 aliphatic heterocycles. The van der Waals surface area contributed by atoms with Crippen molar-refractivity contribution in [1.82, 2.24) is 0 Å². The fourth-order valence-corrected chi connectivity index (χ4v) is 2.79. The molecule has 82 valence electrons. The van der Waals surface area contributed by atoms with E-state index in [2.05, 4.69) is 18.2 Å². The predicted octanol–water partition coefficient (Wildman–Crippen LogP) is 3.49. The van der Waals surface area contributed by atoms with Gasteiger partial charge < -0.3 is 5.73 Å². The van der Waals surface area contributed by atoms with Crippen molar-refractivity contribution in [3.63, 3.8) is 0 Å². The van der Waals surface area contributed by atoms with Gasteiger partial charge in [-0.25, -0.2) is 0 Å². The summed E-state index contributed by atoms with van der Waals surface area (Å²) in [5, 5.41) is 0.884. The maximum absolute atomic E-state index is 6.15. The summed E-state index contributed by atoms with van der Waals surface area (Å²) in [6.07, 6.45) is 3.84. The van der Waals surface area contributed by atoms with Crippen molar-refractivity contribution >= 4 is 11.6 Å². The molecule has 0 bridgehead atoms. The van der Waals surface area contributed by atoms with E-state index in [4.69, 9.17) is 17.3 Å². The van der Waals surface area contributed by atoms with E-state index in [1.165, 1.54) is 24.8 Å². The molecule has 0 amide bonds. The number of benzene rings is 1. The fourth-order valence-electron chi connectivity index (χ4n) is 2.60. The first-order valence-corrected chi connectivity index (χ1v) is 6.06. The Balaban J connectivity index is 2.25. The Bertz CT molecular complexity index is 348. The highest BCUT2D eigenvalue weighted by Crippen LogP contribution is 2.39. The van der Waals surface area contributed by atoms with E-state index >= 15 is 0 Å². The van der Waals surface area contributed by atoms with E-state index in [-0.39, 0.29) is 0 Å². The molecular weight excluding hydrogens is 206 g/mol. The second-order valence-electron chi connectivity index (χ2n) is 4.54. The van der Waals surface area contributed by atoms with E-state index in [1.807, 2.05) is 6.92 Å². The molecule has 1 aliphatic carbocycles. The molecule has 1 nitrogen and oxygen atoms in total. The van der Waals surface area contributed by atoms with E-state index in [1.54, 1.807) is 0 Å². The van der Waals surface area contributed by atoms with Crippen molar-refractivity contribution in [2.45, 2.75) is 32.1 Å². The molecule has 0 aromatic heterocycles. The Hall–Kier alpha value is -0.530. The molecule has 1 aromatic carbocycles. The lowest BCUT2D eigenvalue weighted by Gasteiger charge is -2.18. The zero-order chi connectivity index (χ0) is 10.8. The molecule has 1 fully saturated rings. The lowest BCUT2D eigenvalue weighted by molar-refractivity contribution is 0.496. The van der Waals surface area contributed by atoms with Crippen molar-refractivity contribution in [3.8, 4) is 0 Å². The minimum absolute atomic E-state index is 0.632. The van der Waals surface area contributed by atoms with Gasteiger partial charge in [0.25, 0.3) is 0 Å². The second kappa shape index (κ2) is 4.54. The van der Waals surface area contributed by atoms with Crippen molar-refractivity contribution in [1.29, 1.82) is 0 Å². The molecule has 0 radical (unpaired) electrons. The monoisotopic (exact) mass is 223 g/mol. The van der Waals surface area contributed by atoms with Gasteiger partial charge in [0.1, 0.15) is 0 Å². The summed E-state index contributed by atoms with van der Waals surface area (Å²) < 4.78 is 0. The van der Waals surface area contributed by atoms with Crippen LogP contribution in [-0.4, -0.2) is 6.54 Å².